The van der Waals surface area contributed by atoms with Crippen LogP contribution in [0.2, 0.25) is 0 Å². The molecule has 0 bridgehead atoms. The molecule has 0 saturated heterocycles. The fourth-order valence-corrected chi connectivity index (χ4v) is 2.15. The van der Waals surface area contributed by atoms with Crippen molar-refractivity contribution in [3.05, 3.63) is 53.8 Å². The van der Waals surface area contributed by atoms with Gasteiger partial charge in [-0.3, -0.25) is 0 Å². The molecule has 1 aliphatic carbocycles. The van der Waals surface area contributed by atoms with Crippen molar-refractivity contribution in [3.8, 4) is 0 Å². The monoisotopic (exact) mass is 256 g/mol. The van der Waals surface area contributed by atoms with Gasteiger partial charge in [-0.25, -0.2) is 4.76 Å². The van der Waals surface area contributed by atoms with Crippen LogP contribution in [0.5, 0.6) is 0 Å². The summed E-state index contributed by atoms with van der Waals surface area (Å²) >= 11 is 0. The van der Waals surface area contributed by atoms with Crippen LogP contribution in [0, 0.1) is 0 Å². The molecular formula is C15H17N2P. The summed E-state index contributed by atoms with van der Waals surface area (Å²) < 4.78 is 4.17. The van der Waals surface area contributed by atoms with Crippen molar-refractivity contribution in [1.82, 2.24) is 0 Å². The van der Waals surface area contributed by atoms with E-state index in [1.165, 1.54) is 17.6 Å². The first kappa shape index (κ1) is 12.8. The van der Waals surface area contributed by atoms with E-state index < -0.39 is 0 Å². The fraction of sp³-hybridized carbons (Fsp3) is 0.200. The molecule has 0 aromatic heterocycles. The van der Waals surface area contributed by atoms with Crippen molar-refractivity contribution in [2.45, 2.75) is 19.3 Å². The molecule has 0 fully saturated rings. The van der Waals surface area contributed by atoms with Crippen molar-refractivity contribution in [1.29, 1.82) is 0 Å². The molecule has 18 heavy (non-hydrogen) atoms. The van der Waals surface area contributed by atoms with Crippen LogP contribution in [0.15, 0.2) is 58.5 Å². The highest BCUT2D eigenvalue weighted by Gasteiger charge is 2.05. The smallest absolute Gasteiger partial charge is 0.0379 e. The Morgan fingerprint density at radius 2 is 2.06 bits per heavy atom. The Kier molecular flexibility index (Phi) is 4.92. The molecule has 0 aliphatic heterocycles. The quantitative estimate of drug-likeness (QED) is 0.624. The molecule has 0 radical (unpaired) electrons. The largest absolute Gasteiger partial charge is 0.361 e. The molecule has 1 aromatic rings. The summed E-state index contributed by atoms with van der Waals surface area (Å²) in [5.41, 5.74) is 3.74. The molecular weight excluding hydrogens is 239 g/mol. The zero-order valence-electron chi connectivity index (χ0n) is 10.3. The maximum atomic E-state index is 4.17. The molecule has 1 aliphatic rings. The van der Waals surface area contributed by atoms with Gasteiger partial charge in [0.1, 0.15) is 0 Å². The zero-order valence-corrected chi connectivity index (χ0v) is 11.2. The van der Waals surface area contributed by atoms with E-state index in [9.17, 15) is 0 Å². The zero-order chi connectivity index (χ0) is 12.6. The van der Waals surface area contributed by atoms with E-state index in [4.69, 9.17) is 0 Å². The molecule has 2 rings (SSSR count). The van der Waals surface area contributed by atoms with Gasteiger partial charge in [0.15, 0.2) is 0 Å². The Morgan fingerprint density at radius 3 is 2.83 bits per heavy atom. The van der Waals surface area contributed by atoms with E-state index >= 15 is 0 Å². The number of anilines is 1. The molecule has 2 nitrogen and oxygen atoms in total. The predicted octanol–water partition coefficient (Wildman–Crippen LogP) is 4.46. The first-order valence-corrected chi connectivity index (χ1v) is 7.12. The molecule has 0 spiro atoms. The first-order valence-electron chi connectivity index (χ1n) is 6.09. The highest BCUT2D eigenvalue weighted by molar-refractivity contribution is 7.35. The third-order valence-electron chi connectivity index (χ3n) is 2.80. The lowest BCUT2D eigenvalue weighted by molar-refractivity contribution is 0.806. The number of nitrogens with one attached hydrogen (secondary N) is 1. The van der Waals surface area contributed by atoms with Gasteiger partial charge < -0.3 is 5.32 Å². The summed E-state index contributed by atoms with van der Waals surface area (Å²) in [6.07, 6.45) is 13.3. The standard InChI is InChI=1S/C15H17N2P/c1-18-17-12-14-7-5-6-13(10-14)11-16-15-8-3-2-4-9-15/h2-4,8-12,16H,1,5-7H2/b13-11+,17-12+. The lowest BCUT2D eigenvalue weighted by Gasteiger charge is -2.12. The summed E-state index contributed by atoms with van der Waals surface area (Å²) in [5, 5.41) is 3.33. The highest BCUT2D eigenvalue weighted by atomic mass is 31.1. The van der Waals surface area contributed by atoms with Crippen molar-refractivity contribution in [2.75, 3.05) is 5.32 Å². The summed E-state index contributed by atoms with van der Waals surface area (Å²) in [4.78, 5) is 0. The SMILES string of the molecule is C=P/N=C/C1=CC(=C/Nc2ccccc2)/CCC1. The number of hydrogen-bond acceptors (Lipinski definition) is 2. The van der Waals surface area contributed by atoms with Crippen molar-refractivity contribution < 1.29 is 0 Å². The van der Waals surface area contributed by atoms with Gasteiger partial charge in [-0.15, -0.1) is 0 Å². The molecule has 1 N–H and O–H groups in total. The molecule has 0 saturated carbocycles. The number of nitrogens with zero attached hydrogens (tertiary/aromatic N) is 1. The second-order valence-electron chi connectivity index (χ2n) is 4.19. The van der Waals surface area contributed by atoms with Gasteiger partial charge >= 0.3 is 0 Å². The van der Waals surface area contributed by atoms with Gasteiger partial charge in [0.25, 0.3) is 0 Å². The van der Waals surface area contributed by atoms with Gasteiger partial charge in [-0.1, -0.05) is 30.6 Å². The van der Waals surface area contributed by atoms with Crippen molar-refractivity contribution in [2.24, 2.45) is 4.76 Å². The second-order valence-corrected chi connectivity index (χ2v) is 4.70. The highest BCUT2D eigenvalue weighted by Crippen LogP contribution is 2.21. The Labute approximate surface area is 110 Å². The van der Waals surface area contributed by atoms with Crippen LogP contribution in [0.3, 0.4) is 0 Å². The molecule has 0 heterocycles. The van der Waals surface area contributed by atoms with Crippen LogP contribution in [0.25, 0.3) is 0 Å². The molecule has 0 atom stereocenters. The van der Waals surface area contributed by atoms with Crippen molar-refractivity contribution >= 4 is 26.6 Å². The van der Waals surface area contributed by atoms with E-state index in [2.05, 4.69) is 40.8 Å². The first-order chi connectivity index (χ1) is 8.88. The average molecular weight is 256 g/mol. The van der Waals surface area contributed by atoms with E-state index in [1.54, 1.807) is 0 Å². The van der Waals surface area contributed by atoms with Crippen LogP contribution in [0.4, 0.5) is 5.69 Å². The minimum atomic E-state index is 0.823. The van der Waals surface area contributed by atoms with Crippen LogP contribution in [-0.4, -0.2) is 12.5 Å². The molecule has 3 heteroatoms. The molecule has 0 amide bonds. The molecule has 1 aromatic carbocycles. The van der Waals surface area contributed by atoms with Crippen LogP contribution >= 0.6 is 8.35 Å². The van der Waals surface area contributed by atoms with Crippen LogP contribution in [0.1, 0.15) is 19.3 Å². The Bertz CT molecular complexity index is 486. The normalized spacial score (nSPS) is 18.2. The van der Waals surface area contributed by atoms with E-state index in [-0.39, 0.29) is 0 Å². The van der Waals surface area contributed by atoms with Gasteiger partial charge in [0, 0.05) is 26.5 Å². The summed E-state index contributed by atoms with van der Waals surface area (Å²) in [5.74, 6) is 0. The summed E-state index contributed by atoms with van der Waals surface area (Å²) in [6.45, 7) is 0. The summed E-state index contributed by atoms with van der Waals surface area (Å²) in [7, 11) is 0.823. The van der Waals surface area contributed by atoms with Gasteiger partial charge in [-0.05, 0) is 42.5 Å². The minimum absolute atomic E-state index is 0.823. The predicted molar refractivity (Wildman–Crippen MR) is 82.6 cm³/mol. The summed E-state index contributed by atoms with van der Waals surface area (Å²) in [6, 6.07) is 10.2. The van der Waals surface area contributed by atoms with Crippen molar-refractivity contribution in [3.63, 3.8) is 0 Å². The topological polar surface area (TPSA) is 24.4 Å². The minimum Gasteiger partial charge on any atom is -0.361 e. The van der Waals surface area contributed by atoms with Crippen LogP contribution < -0.4 is 5.32 Å². The van der Waals surface area contributed by atoms with Gasteiger partial charge in [0.05, 0.1) is 0 Å². The Morgan fingerprint density at radius 1 is 1.22 bits per heavy atom. The third-order valence-corrected chi connectivity index (χ3v) is 3.08. The lowest BCUT2D eigenvalue weighted by atomic mass is 9.96. The van der Waals surface area contributed by atoms with Crippen LogP contribution in [-0.2, 0) is 0 Å². The fourth-order valence-electron chi connectivity index (χ4n) is 1.92. The Balaban J connectivity index is 2.04. The number of hydrogen-bond donors (Lipinski definition) is 1. The van der Waals surface area contributed by atoms with E-state index in [0.717, 1.165) is 26.9 Å². The van der Waals surface area contributed by atoms with Gasteiger partial charge in [0.2, 0.25) is 0 Å². The maximum Gasteiger partial charge on any atom is 0.0379 e. The average Bonchev–Trinajstić information content (AvgIpc) is 2.44. The maximum absolute atomic E-state index is 4.17. The number of para-hydroxylation sites is 1. The van der Waals surface area contributed by atoms with E-state index in [0.29, 0.717) is 0 Å². The molecule has 92 valence electrons. The lowest BCUT2D eigenvalue weighted by Crippen LogP contribution is -1.98. The van der Waals surface area contributed by atoms with E-state index in [1.807, 2.05) is 24.4 Å². The number of benzene rings is 1. The number of allylic oxidation sites excluding steroid dienone is 3. The molecule has 0 unspecified atom stereocenters. The second kappa shape index (κ2) is 6.93. The van der Waals surface area contributed by atoms with Gasteiger partial charge in [-0.2, -0.15) is 0 Å². The number of rotatable bonds is 4. The third kappa shape index (κ3) is 3.97. The Hall–Kier alpha value is -1.66.